The first-order valence-corrected chi connectivity index (χ1v) is 9.48. The molecule has 2 N–H and O–H groups in total. The van der Waals surface area contributed by atoms with Gasteiger partial charge < -0.3 is 5.73 Å². The van der Waals surface area contributed by atoms with Crippen molar-refractivity contribution < 1.29 is 8.42 Å². The number of aromatic nitrogens is 1. The molecule has 0 bridgehead atoms. The van der Waals surface area contributed by atoms with Gasteiger partial charge in [-0.05, 0) is 50.5 Å². The molecule has 0 unspecified atom stereocenters. The highest BCUT2D eigenvalue weighted by atomic mass is 32.2. The zero-order valence-electron chi connectivity index (χ0n) is 13.6. The molecular formula is C17H23N3O2S. The number of benzene rings is 1. The fourth-order valence-electron chi connectivity index (χ4n) is 3.39. The van der Waals surface area contributed by atoms with Crippen molar-refractivity contribution in [1.29, 1.82) is 0 Å². The largest absolute Gasteiger partial charge is 0.326 e. The summed E-state index contributed by atoms with van der Waals surface area (Å²) in [6.07, 6.45) is 4.41. The maximum Gasteiger partial charge on any atom is 0.244 e. The van der Waals surface area contributed by atoms with Crippen molar-refractivity contribution in [2.24, 2.45) is 5.73 Å². The molecule has 23 heavy (non-hydrogen) atoms. The molecule has 2 atom stereocenters. The summed E-state index contributed by atoms with van der Waals surface area (Å²) in [5, 5.41) is 0.682. The lowest BCUT2D eigenvalue weighted by atomic mass is 10.00. The number of rotatable bonds is 3. The van der Waals surface area contributed by atoms with Gasteiger partial charge in [0, 0.05) is 30.2 Å². The van der Waals surface area contributed by atoms with Crippen LogP contribution in [-0.2, 0) is 10.0 Å². The Bertz CT molecular complexity index is 818. The molecule has 1 saturated heterocycles. The molecule has 0 aliphatic carbocycles. The highest BCUT2D eigenvalue weighted by molar-refractivity contribution is 7.89. The van der Waals surface area contributed by atoms with E-state index in [0.29, 0.717) is 16.8 Å². The van der Waals surface area contributed by atoms with Gasteiger partial charge in [0.05, 0.1) is 10.4 Å². The van der Waals surface area contributed by atoms with E-state index in [1.54, 1.807) is 22.6 Å². The molecule has 3 rings (SSSR count). The molecule has 1 aromatic carbocycles. The third-order valence-corrected chi connectivity index (χ3v) is 6.61. The van der Waals surface area contributed by atoms with Gasteiger partial charge in [-0.1, -0.05) is 12.5 Å². The van der Waals surface area contributed by atoms with Crippen LogP contribution in [0, 0.1) is 6.92 Å². The van der Waals surface area contributed by atoms with Gasteiger partial charge in [-0.2, -0.15) is 4.31 Å². The summed E-state index contributed by atoms with van der Waals surface area (Å²) in [7, 11) is -3.59. The monoisotopic (exact) mass is 333 g/mol. The van der Waals surface area contributed by atoms with E-state index in [1.165, 1.54) is 0 Å². The minimum absolute atomic E-state index is 0.137. The standard InChI is InChI=1S/C17H23N3O2S/c1-12-8-9-16(14-6-5-10-19-17(12)14)23(21,22)20-11-4-3-7-15(20)13(2)18/h5-6,8-10,13,15H,3-4,7,11,18H2,1-2H3/t13-,15+/m0/s1. The summed E-state index contributed by atoms with van der Waals surface area (Å²) >= 11 is 0. The fourth-order valence-corrected chi connectivity index (χ4v) is 5.35. The van der Waals surface area contributed by atoms with Gasteiger partial charge in [-0.3, -0.25) is 4.98 Å². The Hall–Kier alpha value is -1.50. The summed E-state index contributed by atoms with van der Waals surface area (Å²) in [6, 6.07) is 6.81. The Labute approximate surface area is 137 Å². The molecule has 1 fully saturated rings. The lowest BCUT2D eigenvalue weighted by Crippen LogP contribution is -2.51. The van der Waals surface area contributed by atoms with Crippen molar-refractivity contribution in [2.75, 3.05) is 6.54 Å². The van der Waals surface area contributed by atoms with E-state index in [0.717, 1.165) is 30.3 Å². The van der Waals surface area contributed by atoms with Crippen molar-refractivity contribution in [3.8, 4) is 0 Å². The van der Waals surface area contributed by atoms with Crippen LogP contribution in [0.15, 0.2) is 35.4 Å². The summed E-state index contributed by atoms with van der Waals surface area (Å²) < 4.78 is 28.1. The zero-order valence-corrected chi connectivity index (χ0v) is 14.4. The lowest BCUT2D eigenvalue weighted by Gasteiger charge is -2.37. The maximum absolute atomic E-state index is 13.3. The number of nitrogens with two attached hydrogens (primary N) is 1. The second-order valence-corrected chi connectivity index (χ2v) is 8.18. The van der Waals surface area contributed by atoms with Crippen molar-refractivity contribution in [3.05, 3.63) is 36.0 Å². The molecule has 0 saturated carbocycles. The Balaban J connectivity index is 2.15. The van der Waals surface area contributed by atoms with Crippen LogP contribution in [0.4, 0.5) is 0 Å². The van der Waals surface area contributed by atoms with Gasteiger partial charge >= 0.3 is 0 Å². The number of aryl methyl sites for hydroxylation is 1. The Kier molecular flexibility index (Phi) is 4.40. The highest BCUT2D eigenvalue weighted by Crippen LogP contribution is 2.31. The van der Waals surface area contributed by atoms with Crippen molar-refractivity contribution in [1.82, 2.24) is 9.29 Å². The van der Waals surface area contributed by atoms with Gasteiger partial charge in [-0.15, -0.1) is 0 Å². The third-order valence-electron chi connectivity index (χ3n) is 4.62. The van der Waals surface area contributed by atoms with Crippen molar-refractivity contribution in [3.63, 3.8) is 0 Å². The number of sulfonamides is 1. The smallest absolute Gasteiger partial charge is 0.244 e. The van der Waals surface area contributed by atoms with Gasteiger partial charge in [0.1, 0.15) is 0 Å². The summed E-state index contributed by atoms with van der Waals surface area (Å²) in [5.74, 6) is 0. The van der Waals surface area contributed by atoms with E-state index in [2.05, 4.69) is 4.98 Å². The molecular weight excluding hydrogens is 310 g/mol. The molecule has 5 nitrogen and oxygen atoms in total. The molecule has 0 spiro atoms. The molecule has 1 aromatic heterocycles. The first-order chi connectivity index (χ1) is 10.9. The molecule has 0 radical (unpaired) electrons. The predicted molar refractivity (Wildman–Crippen MR) is 91.7 cm³/mol. The number of hydrogen-bond donors (Lipinski definition) is 1. The number of nitrogens with zero attached hydrogens (tertiary/aromatic N) is 2. The summed E-state index contributed by atoms with van der Waals surface area (Å²) in [5.41, 5.74) is 7.76. The van der Waals surface area contributed by atoms with Crippen LogP contribution in [0.3, 0.4) is 0 Å². The number of fused-ring (bicyclic) bond motifs is 1. The molecule has 1 aliphatic heterocycles. The van der Waals surface area contributed by atoms with E-state index in [-0.39, 0.29) is 12.1 Å². The molecule has 1 aliphatic rings. The highest BCUT2D eigenvalue weighted by Gasteiger charge is 2.36. The van der Waals surface area contributed by atoms with Crippen LogP contribution in [-0.4, -0.2) is 36.3 Å². The molecule has 2 heterocycles. The van der Waals surface area contributed by atoms with E-state index in [9.17, 15) is 8.42 Å². The van der Waals surface area contributed by atoms with Crippen LogP contribution in [0.25, 0.3) is 10.9 Å². The minimum Gasteiger partial charge on any atom is -0.326 e. The topological polar surface area (TPSA) is 76.3 Å². The van der Waals surface area contributed by atoms with Crippen LogP contribution in [0.1, 0.15) is 31.7 Å². The van der Waals surface area contributed by atoms with Crippen LogP contribution < -0.4 is 5.73 Å². The minimum atomic E-state index is -3.59. The molecule has 124 valence electrons. The van der Waals surface area contributed by atoms with E-state index >= 15 is 0 Å². The molecule has 6 heteroatoms. The Morgan fingerprint density at radius 1 is 1.30 bits per heavy atom. The Morgan fingerprint density at radius 3 is 2.83 bits per heavy atom. The first kappa shape index (κ1) is 16.4. The predicted octanol–water partition coefficient (Wildman–Crippen LogP) is 2.43. The summed E-state index contributed by atoms with van der Waals surface area (Å²) in [6.45, 7) is 4.36. The number of piperidine rings is 1. The van der Waals surface area contributed by atoms with Crippen molar-refractivity contribution >= 4 is 20.9 Å². The second kappa shape index (κ2) is 6.19. The zero-order chi connectivity index (χ0) is 16.6. The van der Waals surface area contributed by atoms with Crippen LogP contribution in [0.2, 0.25) is 0 Å². The van der Waals surface area contributed by atoms with Crippen molar-refractivity contribution in [2.45, 2.75) is 50.1 Å². The number of hydrogen-bond acceptors (Lipinski definition) is 4. The lowest BCUT2D eigenvalue weighted by molar-refractivity contribution is 0.227. The quantitative estimate of drug-likeness (QED) is 0.936. The van der Waals surface area contributed by atoms with Gasteiger partial charge in [0.15, 0.2) is 0 Å². The maximum atomic E-state index is 13.3. The van der Waals surface area contributed by atoms with Gasteiger partial charge in [-0.25, -0.2) is 8.42 Å². The van der Waals surface area contributed by atoms with Gasteiger partial charge in [0.2, 0.25) is 10.0 Å². The summed E-state index contributed by atoms with van der Waals surface area (Å²) in [4.78, 5) is 4.68. The van der Waals surface area contributed by atoms with E-state index < -0.39 is 10.0 Å². The average Bonchev–Trinajstić information content (AvgIpc) is 2.55. The van der Waals surface area contributed by atoms with E-state index in [4.69, 9.17) is 5.73 Å². The van der Waals surface area contributed by atoms with Crippen LogP contribution in [0.5, 0.6) is 0 Å². The third kappa shape index (κ3) is 2.86. The normalized spacial score (nSPS) is 21.4. The SMILES string of the molecule is Cc1ccc(S(=O)(=O)N2CCCC[C@@H]2[C@H](C)N)c2cccnc12. The average molecular weight is 333 g/mol. The Morgan fingerprint density at radius 2 is 2.09 bits per heavy atom. The number of pyridine rings is 1. The fraction of sp³-hybridized carbons (Fsp3) is 0.471. The van der Waals surface area contributed by atoms with Crippen LogP contribution >= 0.6 is 0 Å². The molecule has 2 aromatic rings. The first-order valence-electron chi connectivity index (χ1n) is 8.04. The second-order valence-electron chi connectivity index (χ2n) is 6.32. The van der Waals surface area contributed by atoms with E-state index in [1.807, 2.05) is 26.0 Å². The molecule has 0 amide bonds. The van der Waals surface area contributed by atoms with Gasteiger partial charge in [0.25, 0.3) is 0 Å².